The molecule has 0 amide bonds. The van der Waals surface area contributed by atoms with Gasteiger partial charge in [-0.15, -0.1) is 10.2 Å². The summed E-state index contributed by atoms with van der Waals surface area (Å²) in [5, 5.41) is 15.8. The maximum absolute atomic E-state index is 13.5. The fourth-order valence-corrected chi connectivity index (χ4v) is 1.44. The fraction of sp³-hybridized carbons (Fsp3) is 0.200. The van der Waals surface area contributed by atoms with E-state index >= 15 is 0 Å². The maximum atomic E-state index is 13.5. The Morgan fingerprint density at radius 1 is 1.28 bits per heavy atom. The van der Waals surface area contributed by atoms with Gasteiger partial charge in [-0.1, -0.05) is 0 Å². The quantitative estimate of drug-likeness (QED) is 0.840. The van der Waals surface area contributed by atoms with Crippen LogP contribution in [0.5, 0.6) is 0 Å². The summed E-state index contributed by atoms with van der Waals surface area (Å²) in [5.74, 6) is -0.911. The van der Waals surface area contributed by atoms with Gasteiger partial charge in [-0.25, -0.2) is 4.39 Å². The van der Waals surface area contributed by atoms with Crippen molar-refractivity contribution in [2.45, 2.75) is 12.8 Å². The van der Waals surface area contributed by atoms with E-state index in [1.165, 1.54) is 0 Å². The predicted octanol–water partition coefficient (Wildman–Crippen LogP) is 1.92. The summed E-state index contributed by atoms with van der Waals surface area (Å²) in [5.41, 5.74) is -1.35. The van der Waals surface area contributed by atoms with Crippen molar-refractivity contribution in [1.82, 2.24) is 14.8 Å². The first-order valence-electron chi connectivity index (χ1n) is 4.80. The second-order valence-electron chi connectivity index (χ2n) is 3.44. The molecule has 18 heavy (non-hydrogen) atoms. The third kappa shape index (κ3) is 2.19. The molecule has 1 heterocycles. The molecule has 0 atom stereocenters. The third-order valence-corrected chi connectivity index (χ3v) is 2.29. The first kappa shape index (κ1) is 12.5. The van der Waals surface area contributed by atoms with Crippen molar-refractivity contribution in [3.05, 3.63) is 41.7 Å². The molecule has 0 bridgehead atoms. The van der Waals surface area contributed by atoms with Gasteiger partial charge in [-0.2, -0.15) is 13.2 Å². The van der Waals surface area contributed by atoms with Crippen molar-refractivity contribution >= 4 is 0 Å². The number of nitrogens with zero attached hydrogens (tertiary/aromatic N) is 3. The first-order chi connectivity index (χ1) is 8.43. The summed E-state index contributed by atoms with van der Waals surface area (Å²) in [6, 6.07) is 1.99. The Hall–Kier alpha value is -1.96. The van der Waals surface area contributed by atoms with Gasteiger partial charge < -0.3 is 5.11 Å². The molecule has 96 valence electrons. The molecular weight excluding hydrogens is 254 g/mol. The van der Waals surface area contributed by atoms with Crippen LogP contribution >= 0.6 is 0 Å². The lowest BCUT2D eigenvalue weighted by atomic mass is 10.2. The fourth-order valence-electron chi connectivity index (χ4n) is 1.44. The van der Waals surface area contributed by atoms with Gasteiger partial charge in [0.15, 0.2) is 5.82 Å². The minimum absolute atomic E-state index is 0.0479. The summed E-state index contributed by atoms with van der Waals surface area (Å²) in [6.07, 6.45) is -3.54. The van der Waals surface area contributed by atoms with Crippen LogP contribution in [0.4, 0.5) is 17.6 Å². The van der Waals surface area contributed by atoms with Gasteiger partial charge in [0, 0.05) is 0 Å². The molecule has 0 fully saturated rings. The van der Waals surface area contributed by atoms with Crippen molar-refractivity contribution in [1.29, 1.82) is 0 Å². The van der Waals surface area contributed by atoms with Crippen LogP contribution < -0.4 is 0 Å². The molecule has 2 aromatic rings. The topological polar surface area (TPSA) is 50.9 Å². The molecule has 1 N–H and O–H groups in total. The summed E-state index contributed by atoms with van der Waals surface area (Å²) in [7, 11) is 0. The number of aliphatic hydroxyl groups is 1. The van der Waals surface area contributed by atoms with Gasteiger partial charge in [0.25, 0.3) is 0 Å². The molecule has 0 aliphatic carbocycles. The Labute approximate surface area is 98.5 Å². The van der Waals surface area contributed by atoms with E-state index < -0.39 is 24.2 Å². The Kier molecular flexibility index (Phi) is 3.04. The summed E-state index contributed by atoms with van der Waals surface area (Å²) in [4.78, 5) is 0. The van der Waals surface area contributed by atoms with E-state index in [1.807, 2.05) is 0 Å². The Morgan fingerprint density at radius 2 is 2.00 bits per heavy atom. The van der Waals surface area contributed by atoms with Crippen LogP contribution in [0.2, 0.25) is 0 Å². The number of hydrogen-bond donors (Lipinski definition) is 1. The number of hydrogen-bond acceptors (Lipinski definition) is 3. The van der Waals surface area contributed by atoms with Crippen molar-refractivity contribution in [2.24, 2.45) is 0 Å². The van der Waals surface area contributed by atoms with Crippen molar-refractivity contribution in [3.8, 4) is 5.69 Å². The molecule has 8 heteroatoms. The molecule has 0 aliphatic heterocycles. The number of halogens is 4. The van der Waals surface area contributed by atoms with Crippen molar-refractivity contribution in [3.63, 3.8) is 0 Å². The van der Waals surface area contributed by atoms with Crippen LogP contribution in [0, 0.1) is 5.82 Å². The second-order valence-corrected chi connectivity index (χ2v) is 3.44. The molecule has 0 aliphatic rings. The van der Waals surface area contributed by atoms with E-state index in [-0.39, 0.29) is 11.5 Å². The van der Waals surface area contributed by atoms with Crippen molar-refractivity contribution in [2.75, 3.05) is 0 Å². The van der Waals surface area contributed by atoms with E-state index in [2.05, 4.69) is 10.2 Å². The number of aromatic nitrogens is 3. The summed E-state index contributed by atoms with van der Waals surface area (Å²) < 4.78 is 52.0. The van der Waals surface area contributed by atoms with E-state index in [0.29, 0.717) is 18.2 Å². The van der Waals surface area contributed by atoms with Gasteiger partial charge in [-0.05, 0) is 18.2 Å². The predicted molar refractivity (Wildman–Crippen MR) is 52.2 cm³/mol. The molecule has 0 spiro atoms. The Bertz CT molecular complexity index is 564. The number of aliphatic hydroxyl groups excluding tert-OH is 1. The minimum Gasteiger partial charge on any atom is -0.388 e. The van der Waals surface area contributed by atoms with Crippen LogP contribution in [-0.2, 0) is 12.8 Å². The molecule has 0 radical (unpaired) electrons. The largest absolute Gasteiger partial charge is 0.416 e. The molecular formula is C10H7F4N3O. The average Bonchev–Trinajstić information content (AvgIpc) is 2.76. The van der Waals surface area contributed by atoms with Crippen LogP contribution in [0.15, 0.2) is 24.5 Å². The molecule has 0 saturated carbocycles. The summed E-state index contributed by atoms with van der Waals surface area (Å²) in [6.45, 7) is -0.560. The zero-order valence-electron chi connectivity index (χ0n) is 8.82. The molecule has 2 rings (SSSR count). The van der Waals surface area contributed by atoms with E-state index in [9.17, 15) is 17.6 Å². The lowest BCUT2D eigenvalue weighted by molar-refractivity contribution is -0.137. The highest BCUT2D eigenvalue weighted by Gasteiger charge is 2.31. The standard InChI is InChI=1S/C10H7F4N3O/c11-7-2-1-6(10(12,13)14)3-8(7)17-5-15-16-9(17)4-18/h1-3,5,18H,4H2. The maximum Gasteiger partial charge on any atom is 0.416 e. The smallest absolute Gasteiger partial charge is 0.388 e. The highest BCUT2D eigenvalue weighted by molar-refractivity contribution is 5.39. The van der Waals surface area contributed by atoms with Gasteiger partial charge in [0.1, 0.15) is 18.8 Å². The van der Waals surface area contributed by atoms with Crippen LogP contribution in [0.25, 0.3) is 5.69 Å². The van der Waals surface area contributed by atoms with Crippen molar-refractivity contribution < 1.29 is 22.7 Å². The Balaban J connectivity index is 2.57. The SMILES string of the molecule is OCc1nncn1-c1cc(C(F)(F)F)ccc1F. The zero-order valence-corrected chi connectivity index (χ0v) is 8.82. The molecule has 0 unspecified atom stereocenters. The average molecular weight is 261 g/mol. The van der Waals surface area contributed by atoms with Gasteiger partial charge in [0.2, 0.25) is 0 Å². The lowest BCUT2D eigenvalue weighted by Crippen LogP contribution is -2.09. The normalized spacial score (nSPS) is 11.8. The zero-order chi connectivity index (χ0) is 13.3. The van der Waals surface area contributed by atoms with E-state index in [0.717, 1.165) is 10.9 Å². The number of alkyl halides is 3. The van der Waals surface area contributed by atoms with Gasteiger partial charge >= 0.3 is 6.18 Å². The van der Waals surface area contributed by atoms with E-state index in [1.54, 1.807) is 0 Å². The monoisotopic (exact) mass is 261 g/mol. The lowest BCUT2D eigenvalue weighted by Gasteiger charge is -2.11. The Morgan fingerprint density at radius 3 is 2.61 bits per heavy atom. The first-order valence-corrected chi connectivity index (χ1v) is 4.80. The summed E-state index contributed by atoms with van der Waals surface area (Å²) >= 11 is 0. The third-order valence-electron chi connectivity index (χ3n) is 2.29. The molecule has 1 aromatic carbocycles. The highest BCUT2D eigenvalue weighted by Crippen LogP contribution is 2.31. The van der Waals surface area contributed by atoms with Gasteiger partial charge in [0.05, 0.1) is 11.3 Å². The highest BCUT2D eigenvalue weighted by atomic mass is 19.4. The van der Waals surface area contributed by atoms with Crippen LogP contribution in [-0.4, -0.2) is 19.9 Å². The van der Waals surface area contributed by atoms with Crippen LogP contribution in [0.1, 0.15) is 11.4 Å². The van der Waals surface area contributed by atoms with E-state index in [4.69, 9.17) is 5.11 Å². The number of rotatable bonds is 2. The minimum atomic E-state index is -4.57. The molecule has 1 aromatic heterocycles. The number of benzene rings is 1. The van der Waals surface area contributed by atoms with Crippen LogP contribution in [0.3, 0.4) is 0 Å². The second kappa shape index (κ2) is 4.37. The molecule has 0 saturated heterocycles. The molecule has 4 nitrogen and oxygen atoms in total. The van der Waals surface area contributed by atoms with Gasteiger partial charge in [-0.3, -0.25) is 4.57 Å².